The lowest BCUT2D eigenvalue weighted by molar-refractivity contribution is -0.160. The van der Waals surface area contributed by atoms with E-state index in [2.05, 4.69) is 16.0 Å². The molecule has 0 spiro atoms. The van der Waals surface area contributed by atoms with Crippen LogP contribution in [0, 0.1) is 34.0 Å². The molecule has 3 rings (SSSR count). The number of ketones is 1. The van der Waals surface area contributed by atoms with Gasteiger partial charge >= 0.3 is 12.0 Å². The Morgan fingerprint density at radius 2 is 1.39 bits per heavy atom. The fourth-order valence-corrected chi connectivity index (χ4v) is 6.39. The minimum Gasteiger partial charge on any atom is -0.458 e. The summed E-state index contributed by atoms with van der Waals surface area (Å²) in [4.78, 5) is 79.9. The summed E-state index contributed by atoms with van der Waals surface area (Å²) in [5.74, 6) is -9.08. The third kappa shape index (κ3) is 8.14. The predicted molar refractivity (Wildman–Crippen MR) is 164 cm³/mol. The molecule has 1 heterocycles. The number of alkyl halides is 2. The zero-order valence-electron chi connectivity index (χ0n) is 28.8. The molecule has 5 N–H and O–H groups in total. The quantitative estimate of drug-likeness (QED) is 0.206. The van der Waals surface area contributed by atoms with E-state index < -0.39 is 101 Å². The molecule has 1 saturated heterocycles. The molecule has 1 aliphatic heterocycles. The van der Waals surface area contributed by atoms with Crippen LogP contribution in [0.5, 0.6) is 0 Å². The number of carbonyl (C=O) groups is 6. The first-order chi connectivity index (χ1) is 20.6. The molecule has 46 heavy (non-hydrogen) atoms. The third-order valence-corrected chi connectivity index (χ3v) is 9.28. The molecule has 0 radical (unpaired) electrons. The molecule has 3 fully saturated rings. The van der Waals surface area contributed by atoms with Gasteiger partial charge in [-0.3, -0.25) is 19.2 Å². The molecule has 7 atom stereocenters. The number of nitrogens with two attached hydrogens (primary N) is 1. The molecular formula is C32H51F2N5O7. The van der Waals surface area contributed by atoms with E-state index in [4.69, 9.17) is 10.5 Å². The summed E-state index contributed by atoms with van der Waals surface area (Å²) in [6, 6.07) is -5.65. The molecule has 0 aromatic rings. The zero-order valence-corrected chi connectivity index (χ0v) is 28.8. The molecule has 3 aliphatic rings. The molecule has 0 aromatic heterocycles. The number of hydrogen-bond acceptors (Lipinski definition) is 7. The maximum Gasteiger partial charge on any atom is 0.329 e. The van der Waals surface area contributed by atoms with Gasteiger partial charge in [0.2, 0.25) is 17.6 Å². The minimum atomic E-state index is -3.00. The van der Waals surface area contributed by atoms with Gasteiger partial charge < -0.3 is 31.3 Å². The fraction of sp³-hybridized carbons (Fsp3) is 0.812. The lowest BCUT2D eigenvalue weighted by Crippen LogP contribution is -2.63. The molecule has 12 nitrogen and oxygen atoms in total. The summed E-state index contributed by atoms with van der Waals surface area (Å²) in [6.07, 6.45) is -0.931. The highest BCUT2D eigenvalue weighted by Gasteiger charge is 2.70. The average Bonchev–Trinajstić information content (AvgIpc) is 3.51. The van der Waals surface area contributed by atoms with Gasteiger partial charge in [0.15, 0.2) is 0 Å². The van der Waals surface area contributed by atoms with Gasteiger partial charge in [0.1, 0.15) is 23.7 Å². The number of rotatable bonds is 10. The SMILES string of the molecule is CC(C)(C)OC(=O)[C@@H](NC(=O)N[C@H](C(=O)N1C[C@H]2[C@@H]([C@H]1C(=O)NC(CC1CC1(F)F)C(=O)C(N)=O)C2(C)C)C(C)(C)C)C(C)(C)C. The first kappa shape index (κ1) is 37.1. The highest BCUT2D eigenvalue weighted by atomic mass is 19.3. The van der Waals surface area contributed by atoms with Crippen LogP contribution in [0.3, 0.4) is 0 Å². The first-order valence-corrected chi connectivity index (χ1v) is 15.7. The Kier molecular flexibility index (Phi) is 9.72. The van der Waals surface area contributed by atoms with Gasteiger partial charge in [-0.15, -0.1) is 0 Å². The summed E-state index contributed by atoms with van der Waals surface area (Å²) in [7, 11) is 0. The van der Waals surface area contributed by atoms with Crippen LogP contribution in [0.2, 0.25) is 0 Å². The maximum absolute atomic E-state index is 14.2. The van der Waals surface area contributed by atoms with Gasteiger partial charge in [-0.1, -0.05) is 55.4 Å². The standard InChI is InChI=1S/C32H51F2N5O7/c1-28(2,3)21(37-27(45)38-22(29(4,5)6)26(44)46-30(7,8)9)25(43)39-14-16-18(31(16,10)11)19(39)24(42)36-17(20(40)23(35)41)12-15-13-32(15,33)34/h15-19,21-22H,12-14H2,1-11H3,(H2,35,41)(H,36,42)(H2,37,38,45)/t15?,16-,17?,18-,19-,21+,22+/m0/s1. The van der Waals surface area contributed by atoms with E-state index in [0.717, 1.165) is 0 Å². The Morgan fingerprint density at radius 1 is 0.891 bits per heavy atom. The molecule has 5 amide bonds. The van der Waals surface area contributed by atoms with Crippen molar-refractivity contribution in [1.82, 2.24) is 20.9 Å². The highest BCUT2D eigenvalue weighted by Crippen LogP contribution is 2.65. The lowest BCUT2D eigenvalue weighted by atomic mass is 9.85. The number of piperidine rings is 1. The number of ether oxygens (including phenoxy) is 1. The van der Waals surface area contributed by atoms with Crippen molar-refractivity contribution in [3.05, 3.63) is 0 Å². The summed E-state index contributed by atoms with van der Waals surface area (Å²) in [6.45, 7) is 19.7. The first-order valence-electron chi connectivity index (χ1n) is 15.7. The number of Topliss-reactive ketones (excluding diaryl/α,β-unsaturated/α-hetero) is 1. The number of carbonyl (C=O) groups excluding carboxylic acids is 6. The van der Waals surface area contributed by atoms with Crippen LogP contribution < -0.4 is 21.7 Å². The summed E-state index contributed by atoms with van der Waals surface area (Å²) in [5.41, 5.74) is 2.43. The van der Waals surface area contributed by atoms with E-state index in [1.165, 1.54) is 4.90 Å². The van der Waals surface area contributed by atoms with Crippen molar-refractivity contribution in [3.63, 3.8) is 0 Å². The zero-order chi connectivity index (χ0) is 35.5. The highest BCUT2D eigenvalue weighted by molar-refractivity contribution is 6.37. The van der Waals surface area contributed by atoms with Crippen molar-refractivity contribution in [3.8, 4) is 0 Å². The largest absolute Gasteiger partial charge is 0.458 e. The van der Waals surface area contributed by atoms with Crippen molar-refractivity contribution in [2.45, 2.75) is 125 Å². The van der Waals surface area contributed by atoms with Gasteiger partial charge in [0, 0.05) is 18.9 Å². The van der Waals surface area contributed by atoms with Crippen LogP contribution in [0.4, 0.5) is 13.6 Å². The molecule has 2 unspecified atom stereocenters. The van der Waals surface area contributed by atoms with E-state index in [9.17, 15) is 37.5 Å². The Morgan fingerprint density at radius 3 is 1.83 bits per heavy atom. The van der Waals surface area contributed by atoms with Crippen LogP contribution in [0.1, 0.15) is 89.0 Å². The van der Waals surface area contributed by atoms with Gasteiger partial charge in [-0.2, -0.15) is 0 Å². The van der Waals surface area contributed by atoms with Crippen molar-refractivity contribution in [2.24, 2.45) is 39.7 Å². The lowest BCUT2D eigenvalue weighted by Gasteiger charge is -2.38. The van der Waals surface area contributed by atoms with Gasteiger partial charge in [-0.25, -0.2) is 18.4 Å². The molecular weight excluding hydrogens is 604 g/mol. The molecule has 2 aliphatic carbocycles. The maximum atomic E-state index is 14.2. The molecule has 0 aromatic carbocycles. The van der Waals surface area contributed by atoms with Gasteiger partial charge in [0.25, 0.3) is 11.8 Å². The number of hydrogen-bond donors (Lipinski definition) is 4. The fourth-order valence-electron chi connectivity index (χ4n) is 6.39. The van der Waals surface area contributed by atoms with Crippen LogP contribution in [-0.2, 0) is 28.7 Å². The molecule has 2 saturated carbocycles. The third-order valence-electron chi connectivity index (χ3n) is 9.28. The Hall–Kier alpha value is -3.32. The van der Waals surface area contributed by atoms with Crippen LogP contribution >= 0.6 is 0 Å². The second-order valence-corrected chi connectivity index (χ2v) is 16.8. The normalized spacial score (nSPS) is 26.5. The Balaban J connectivity index is 1.85. The van der Waals surface area contributed by atoms with Crippen LogP contribution in [0.25, 0.3) is 0 Å². The van der Waals surface area contributed by atoms with E-state index >= 15 is 0 Å². The summed E-state index contributed by atoms with van der Waals surface area (Å²) in [5, 5.41) is 7.81. The number of esters is 1. The topological polar surface area (TPSA) is 177 Å². The van der Waals surface area contributed by atoms with Gasteiger partial charge in [0.05, 0.1) is 6.04 Å². The second-order valence-electron chi connectivity index (χ2n) is 16.8. The summed E-state index contributed by atoms with van der Waals surface area (Å²) >= 11 is 0. The Bertz CT molecular complexity index is 1280. The van der Waals surface area contributed by atoms with E-state index in [1.54, 1.807) is 62.3 Å². The monoisotopic (exact) mass is 655 g/mol. The van der Waals surface area contributed by atoms with Crippen LogP contribution in [-0.4, -0.2) is 82.6 Å². The van der Waals surface area contributed by atoms with E-state index in [0.29, 0.717) is 0 Å². The second kappa shape index (κ2) is 12.0. The van der Waals surface area contributed by atoms with Crippen LogP contribution in [0.15, 0.2) is 0 Å². The van der Waals surface area contributed by atoms with Crippen molar-refractivity contribution < 1.29 is 42.3 Å². The summed E-state index contributed by atoms with van der Waals surface area (Å²) < 4.78 is 32.9. The number of nitrogens with zero attached hydrogens (tertiary/aromatic N) is 1. The Labute approximate surface area is 269 Å². The number of likely N-dealkylation sites (tertiary alicyclic amines) is 1. The van der Waals surface area contributed by atoms with Crippen molar-refractivity contribution >= 4 is 35.5 Å². The number of fused-ring (bicyclic) bond motifs is 1. The number of halogens is 2. The minimum absolute atomic E-state index is 0.0721. The number of primary amides is 1. The number of nitrogens with one attached hydrogen (secondary N) is 3. The predicted octanol–water partition coefficient (Wildman–Crippen LogP) is 2.52. The van der Waals surface area contributed by atoms with Crippen molar-refractivity contribution in [1.29, 1.82) is 0 Å². The average molecular weight is 656 g/mol. The molecule has 14 heteroatoms. The van der Waals surface area contributed by atoms with Crippen molar-refractivity contribution in [2.75, 3.05) is 6.54 Å². The van der Waals surface area contributed by atoms with E-state index in [1.807, 2.05) is 13.8 Å². The van der Waals surface area contributed by atoms with E-state index in [-0.39, 0.29) is 23.8 Å². The number of urea groups is 1. The number of amides is 5. The molecule has 0 bridgehead atoms. The smallest absolute Gasteiger partial charge is 0.329 e. The molecule has 260 valence electrons. The van der Waals surface area contributed by atoms with Gasteiger partial charge in [-0.05, 0) is 55.3 Å².